The molecular formula is C14H26. The maximum Gasteiger partial charge on any atom is -0.0320 e. The first kappa shape index (κ1) is 13.5. The minimum atomic E-state index is 1.17. The Labute approximate surface area is 90.1 Å². The van der Waals surface area contributed by atoms with Crippen LogP contribution >= 0.6 is 0 Å². The predicted molar refractivity (Wildman–Crippen MR) is 66.6 cm³/mol. The van der Waals surface area contributed by atoms with Gasteiger partial charge in [0.2, 0.25) is 0 Å². The van der Waals surface area contributed by atoms with Gasteiger partial charge in [-0.3, -0.25) is 0 Å². The van der Waals surface area contributed by atoms with Crippen LogP contribution in [-0.4, -0.2) is 0 Å². The van der Waals surface area contributed by atoms with Crippen LogP contribution in [-0.2, 0) is 0 Å². The lowest BCUT2D eigenvalue weighted by atomic mass is 10.0. The van der Waals surface area contributed by atoms with Gasteiger partial charge in [0.05, 0.1) is 0 Å². The summed E-state index contributed by atoms with van der Waals surface area (Å²) in [7, 11) is 0. The molecule has 0 aromatic carbocycles. The minimum Gasteiger partial charge on any atom is -0.103 e. The van der Waals surface area contributed by atoms with Crippen molar-refractivity contribution in [3.63, 3.8) is 0 Å². The Hall–Kier alpha value is -0.520. The van der Waals surface area contributed by atoms with Gasteiger partial charge in [0.25, 0.3) is 0 Å². The van der Waals surface area contributed by atoms with Crippen molar-refractivity contribution in [3.8, 4) is 0 Å². The lowest BCUT2D eigenvalue weighted by molar-refractivity contribution is 0.719. The molecule has 0 heteroatoms. The third kappa shape index (κ3) is 8.10. The van der Waals surface area contributed by atoms with Gasteiger partial charge in [-0.25, -0.2) is 0 Å². The average molecular weight is 194 g/mol. The fraction of sp³-hybridized carbons (Fsp3) is 0.714. The Morgan fingerprint density at radius 3 is 2.43 bits per heavy atom. The second kappa shape index (κ2) is 10.6. The molecule has 0 aliphatic heterocycles. The van der Waals surface area contributed by atoms with E-state index >= 15 is 0 Å². The van der Waals surface area contributed by atoms with Gasteiger partial charge in [-0.2, -0.15) is 0 Å². The van der Waals surface area contributed by atoms with Crippen molar-refractivity contribution < 1.29 is 0 Å². The molecule has 0 aromatic heterocycles. The highest BCUT2D eigenvalue weighted by Gasteiger charge is 1.94. The average Bonchev–Trinajstić information content (AvgIpc) is 2.22. The Bertz CT molecular complexity index is 153. The largest absolute Gasteiger partial charge is 0.103 e. The lowest BCUT2D eigenvalue weighted by Gasteiger charge is -2.03. The molecule has 0 N–H and O–H groups in total. The second-order valence-corrected chi connectivity index (χ2v) is 3.89. The molecule has 0 saturated carbocycles. The maximum atomic E-state index is 3.74. The Morgan fingerprint density at radius 1 is 1.07 bits per heavy atom. The number of hydrogen-bond acceptors (Lipinski definition) is 0. The summed E-state index contributed by atoms with van der Waals surface area (Å²) in [6.07, 6.45) is 14.7. The molecule has 82 valence electrons. The highest BCUT2D eigenvalue weighted by Crippen LogP contribution is 2.14. The van der Waals surface area contributed by atoms with Crippen LogP contribution in [0.5, 0.6) is 0 Å². The van der Waals surface area contributed by atoms with Crippen LogP contribution in [0.15, 0.2) is 24.3 Å². The van der Waals surface area contributed by atoms with Crippen LogP contribution in [0.2, 0.25) is 0 Å². The van der Waals surface area contributed by atoms with Crippen molar-refractivity contribution in [2.75, 3.05) is 0 Å². The summed E-state index contributed by atoms with van der Waals surface area (Å²) < 4.78 is 0. The van der Waals surface area contributed by atoms with Gasteiger partial charge in [-0.1, -0.05) is 44.4 Å². The van der Waals surface area contributed by atoms with E-state index in [0.29, 0.717) is 0 Å². The van der Waals surface area contributed by atoms with Crippen molar-refractivity contribution in [2.24, 2.45) is 0 Å². The van der Waals surface area contributed by atoms with E-state index in [-0.39, 0.29) is 0 Å². The van der Waals surface area contributed by atoms with Crippen molar-refractivity contribution in [2.45, 2.75) is 65.2 Å². The van der Waals surface area contributed by atoms with E-state index in [1.54, 1.807) is 5.57 Å². The minimum absolute atomic E-state index is 1.17. The van der Waals surface area contributed by atoms with E-state index in [1.807, 2.05) is 6.08 Å². The quantitative estimate of drug-likeness (QED) is 0.347. The third-order valence-corrected chi connectivity index (χ3v) is 2.60. The predicted octanol–water partition coefficient (Wildman–Crippen LogP) is 5.26. The van der Waals surface area contributed by atoms with Crippen LogP contribution in [0.3, 0.4) is 0 Å². The topological polar surface area (TPSA) is 0 Å². The van der Waals surface area contributed by atoms with Crippen LogP contribution in [0, 0.1) is 0 Å². The molecule has 0 atom stereocenters. The smallest absolute Gasteiger partial charge is 0.0320 e. The standard InChI is InChI=1S/C14H26/c1-4-7-9-11-13-14(6-3)12-10-8-5-2/h4,12H,1,5-11,13H2,2-3H3. The zero-order chi connectivity index (χ0) is 10.6. The Balaban J connectivity index is 3.55. The molecule has 0 heterocycles. The first-order valence-electron chi connectivity index (χ1n) is 6.13. The first-order valence-corrected chi connectivity index (χ1v) is 6.13. The zero-order valence-corrected chi connectivity index (χ0v) is 10.0. The SMILES string of the molecule is C=CCCCCC(=CCCCC)CC. The van der Waals surface area contributed by atoms with Crippen molar-refractivity contribution in [3.05, 3.63) is 24.3 Å². The van der Waals surface area contributed by atoms with Crippen molar-refractivity contribution >= 4 is 0 Å². The summed E-state index contributed by atoms with van der Waals surface area (Å²) in [5, 5.41) is 0. The van der Waals surface area contributed by atoms with Crippen LogP contribution in [0.4, 0.5) is 0 Å². The molecular weight excluding hydrogens is 168 g/mol. The van der Waals surface area contributed by atoms with Crippen molar-refractivity contribution in [1.29, 1.82) is 0 Å². The molecule has 0 saturated heterocycles. The van der Waals surface area contributed by atoms with Crippen LogP contribution in [0.25, 0.3) is 0 Å². The second-order valence-electron chi connectivity index (χ2n) is 3.89. The molecule has 0 unspecified atom stereocenters. The molecule has 0 nitrogen and oxygen atoms in total. The van der Waals surface area contributed by atoms with Crippen LogP contribution in [0.1, 0.15) is 65.2 Å². The molecule has 0 spiro atoms. The monoisotopic (exact) mass is 194 g/mol. The molecule has 14 heavy (non-hydrogen) atoms. The highest BCUT2D eigenvalue weighted by atomic mass is 14.0. The van der Waals surface area contributed by atoms with Gasteiger partial charge < -0.3 is 0 Å². The fourth-order valence-electron chi connectivity index (χ4n) is 1.57. The normalized spacial score (nSPS) is 11.7. The van der Waals surface area contributed by atoms with E-state index in [1.165, 1.54) is 51.4 Å². The Morgan fingerprint density at radius 2 is 1.86 bits per heavy atom. The molecule has 0 fully saturated rings. The zero-order valence-electron chi connectivity index (χ0n) is 10.0. The molecule has 0 aliphatic carbocycles. The molecule has 0 radical (unpaired) electrons. The van der Waals surface area contributed by atoms with Crippen LogP contribution < -0.4 is 0 Å². The van der Waals surface area contributed by atoms with Gasteiger partial charge in [0.1, 0.15) is 0 Å². The third-order valence-electron chi connectivity index (χ3n) is 2.60. The van der Waals surface area contributed by atoms with Gasteiger partial charge in [-0.15, -0.1) is 6.58 Å². The van der Waals surface area contributed by atoms with E-state index in [4.69, 9.17) is 0 Å². The summed E-state index contributed by atoms with van der Waals surface area (Å²) in [5.74, 6) is 0. The summed E-state index contributed by atoms with van der Waals surface area (Å²) in [5.41, 5.74) is 1.66. The summed E-state index contributed by atoms with van der Waals surface area (Å²) in [4.78, 5) is 0. The van der Waals surface area contributed by atoms with Gasteiger partial charge in [0.15, 0.2) is 0 Å². The summed E-state index contributed by atoms with van der Waals surface area (Å²) >= 11 is 0. The Kier molecular flexibility index (Phi) is 10.2. The maximum absolute atomic E-state index is 3.74. The molecule has 0 aliphatic rings. The van der Waals surface area contributed by atoms with Gasteiger partial charge in [0, 0.05) is 0 Å². The van der Waals surface area contributed by atoms with Crippen molar-refractivity contribution in [1.82, 2.24) is 0 Å². The highest BCUT2D eigenvalue weighted by molar-refractivity contribution is 5.00. The fourth-order valence-corrected chi connectivity index (χ4v) is 1.57. The summed E-state index contributed by atoms with van der Waals surface area (Å²) in [6, 6.07) is 0. The molecule has 0 amide bonds. The number of allylic oxidation sites excluding steroid dienone is 3. The lowest BCUT2D eigenvalue weighted by Crippen LogP contribution is -1.83. The number of rotatable bonds is 9. The van der Waals surface area contributed by atoms with E-state index in [0.717, 1.165) is 0 Å². The number of hydrogen-bond donors (Lipinski definition) is 0. The van der Waals surface area contributed by atoms with E-state index in [9.17, 15) is 0 Å². The van der Waals surface area contributed by atoms with E-state index in [2.05, 4.69) is 26.5 Å². The molecule has 0 aromatic rings. The molecule has 0 rings (SSSR count). The summed E-state index contributed by atoms with van der Waals surface area (Å²) in [6.45, 7) is 8.27. The van der Waals surface area contributed by atoms with E-state index < -0.39 is 0 Å². The molecule has 0 bridgehead atoms. The first-order chi connectivity index (χ1) is 6.85. The number of unbranched alkanes of at least 4 members (excludes halogenated alkanes) is 4. The van der Waals surface area contributed by atoms with Gasteiger partial charge in [-0.05, 0) is 38.5 Å². The van der Waals surface area contributed by atoms with Gasteiger partial charge >= 0.3 is 0 Å².